The lowest BCUT2D eigenvalue weighted by Crippen LogP contribution is -2.48. The fourth-order valence-corrected chi connectivity index (χ4v) is 4.83. The Morgan fingerprint density at radius 2 is 1.70 bits per heavy atom. The van der Waals surface area contributed by atoms with Gasteiger partial charge in [0.1, 0.15) is 0 Å². The van der Waals surface area contributed by atoms with Gasteiger partial charge in [0.25, 0.3) is 0 Å². The monoisotopic (exact) mass is 448 g/mol. The number of rotatable bonds is 5. The van der Waals surface area contributed by atoms with E-state index in [1.165, 1.54) is 0 Å². The summed E-state index contributed by atoms with van der Waals surface area (Å²) in [5, 5.41) is 0. The second-order valence-corrected chi connectivity index (χ2v) is 9.70. The molecule has 1 N–H and O–H groups in total. The summed E-state index contributed by atoms with van der Waals surface area (Å²) in [5.41, 5.74) is 2.01. The van der Waals surface area contributed by atoms with E-state index in [9.17, 15) is 8.42 Å². The predicted molar refractivity (Wildman–Crippen MR) is 111 cm³/mol. The maximum atomic E-state index is 12.5. The van der Waals surface area contributed by atoms with Crippen LogP contribution in [0.1, 0.15) is 0 Å². The van der Waals surface area contributed by atoms with Gasteiger partial charge in [-0.05, 0) is 36.4 Å². The lowest BCUT2D eigenvalue weighted by Gasteiger charge is -2.34. The van der Waals surface area contributed by atoms with Crippen molar-refractivity contribution in [2.75, 3.05) is 43.4 Å². The SMILES string of the molecule is O=S(=O)(CCN1CCN(c2nc3ccccc3[nH]2)CC1)c1ccc(Br)cc1. The molecule has 0 aliphatic carbocycles. The van der Waals surface area contributed by atoms with E-state index in [1.54, 1.807) is 24.3 Å². The molecule has 6 nitrogen and oxygen atoms in total. The Labute approximate surface area is 167 Å². The predicted octanol–water partition coefficient (Wildman–Crippen LogP) is 2.92. The van der Waals surface area contributed by atoms with E-state index in [2.05, 4.69) is 35.7 Å². The van der Waals surface area contributed by atoms with Crippen LogP contribution in [0.5, 0.6) is 0 Å². The van der Waals surface area contributed by atoms with Crippen LogP contribution >= 0.6 is 15.9 Å². The molecule has 3 aromatic rings. The highest BCUT2D eigenvalue weighted by atomic mass is 79.9. The average Bonchev–Trinajstić information content (AvgIpc) is 3.11. The largest absolute Gasteiger partial charge is 0.340 e. The lowest BCUT2D eigenvalue weighted by molar-refractivity contribution is 0.271. The second kappa shape index (κ2) is 7.61. The molecule has 2 aromatic carbocycles. The first-order valence-electron chi connectivity index (χ1n) is 8.92. The van der Waals surface area contributed by atoms with E-state index in [1.807, 2.05) is 24.3 Å². The maximum absolute atomic E-state index is 12.5. The number of nitrogens with zero attached hydrogens (tertiary/aromatic N) is 3. The van der Waals surface area contributed by atoms with Gasteiger partial charge in [-0.15, -0.1) is 0 Å². The van der Waals surface area contributed by atoms with Gasteiger partial charge in [0.2, 0.25) is 5.95 Å². The molecule has 1 saturated heterocycles. The van der Waals surface area contributed by atoms with E-state index < -0.39 is 9.84 Å². The number of benzene rings is 2. The minimum absolute atomic E-state index is 0.138. The van der Waals surface area contributed by atoms with Crippen molar-refractivity contribution in [2.45, 2.75) is 4.90 Å². The van der Waals surface area contributed by atoms with Crippen LogP contribution in [0.4, 0.5) is 5.95 Å². The van der Waals surface area contributed by atoms with E-state index in [-0.39, 0.29) is 5.75 Å². The van der Waals surface area contributed by atoms with Crippen LogP contribution in [0.15, 0.2) is 57.9 Å². The molecule has 8 heteroatoms. The Hall–Kier alpha value is -1.90. The van der Waals surface area contributed by atoms with Crippen LogP contribution in [-0.2, 0) is 9.84 Å². The third kappa shape index (κ3) is 4.17. The van der Waals surface area contributed by atoms with Crippen molar-refractivity contribution in [1.82, 2.24) is 14.9 Å². The van der Waals surface area contributed by atoms with E-state index in [4.69, 9.17) is 0 Å². The third-order valence-corrected chi connectivity index (χ3v) is 7.14. The number of piperazine rings is 1. The number of aromatic amines is 1. The van der Waals surface area contributed by atoms with Crippen LogP contribution in [0.3, 0.4) is 0 Å². The maximum Gasteiger partial charge on any atom is 0.203 e. The summed E-state index contributed by atoms with van der Waals surface area (Å²) in [6.07, 6.45) is 0. The summed E-state index contributed by atoms with van der Waals surface area (Å²) in [6, 6.07) is 14.8. The number of para-hydroxylation sites is 2. The van der Waals surface area contributed by atoms with Crippen molar-refractivity contribution >= 4 is 42.7 Å². The molecule has 1 fully saturated rings. The van der Waals surface area contributed by atoms with E-state index >= 15 is 0 Å². The number of fused-ring (bicyclic) bond motifs is 1. The fourth-order valence-electron chi connectivity index (χ4n) is 3.28. The summed E-state index contributed by atoms with van der Waals surface area (Å²) in [6.45, 7) is 3.86. The van der Waals surface area contributed by atoms with Crippen molar-refractivity contribution in [2.24, 2.45) is 0 Å². The molecule has 0 bridgehead atoms. The Kier molecular flexibility index (Phi) is 5.21. The van der Waals surface area contributed by atoms with Gasteiger partial charge in [-0.1, -0.05) is 28.1 Å². The van der Waals surface area contributed by atoms with Gasteiger partial charge in [0, 0.05) is 37.2 Å². The standard InChI is InChI=1S/C19H21BrN4O2S/c20-15-5-7-16(8-6-15)27(25,26)14-13-23-9-11-24(12-10-23)19-21-17-3-1-2-4-18(17)22-19/h1-8H,9-14H2,(H,21,22). The number of hydrogen-bond donors (Lipinski definition) is 1. The first-order chi connectivity index (χ1) is 13.0. The van der Waals surface area contributed by atoms with Crippen LogP contribution in [0, 0.1) is 0 Å². The smallest absolute Gasteiger partial charge is 0.203 e. The molecule has 1 aliphatic heterocycles. The number of halogens is 1. The van der Waals surface area contributed by atoms with Crippen LogP contribution in [0.25, 0.3) is 11.0 Å². The number of aromatic nitrogens is 2. The van der Waals surface area contributed by atoms with Gasteiger partial charge in [-0.2, -0.15) is 0 Å². The number of nitrogens with one attached hydrogen (secondary N) is 1. The molecule has 1 aromatic heterocycles. The Bertz CT molecular complexity index is 992. The second-order valence-electron chi connectivity index (χ2n) is 6.68. The summed E-state index contributed by atoms with van der Waals surface area (Å²) < 4.78 is 25.9. The van der Waals surface area contributed by atoms with Crippen molar-refractivity contribution in [3.8, 4) is 0 Å². The summed E-state index contributed by atoms with van der Waals surface area (Å²) >= 11 is 3.33. The molecule has 0 saturated carbocycles. The minimum atomic E-state index is -3.25. The molecule has 4 rings (SSSR count). The van der Waals surface area contributed by atoms with E-state index in [0.717, 1.165) is 47.6 Å². The number of H-pyrrole nitrogens is 1. The molecule has 0 atom stereocenters. The lowest BCUT2D eigenvalue weighted by atomic mass is 10.3. The number of imidazole rings is 1. The topological polar surface area (TPSA) is 69.3 Å². The van der Waals surface area contributed by atoms with Gasteiger partial charge in [-0.25, -0.2) is 13.4 Å². The van der Waals surface area contributed by atoms with Crippen LogP contribution in [-0.4, -0.2) is 61.8 Å². The summed E-state index contributed by atoms with van der Waals surface area (Å²) in [5.74, 6) is 1.03. The summed E-state index contributed by atoms with van der Waals surface area (Å²) in [7, 11) is -3.25. The van der Waals surface area contributed by atoms with Crippen LogP contribution < -0.4 is 4.90 Å². The Morgan fingerprint density at radius 3 is 2.41 bits per heavy atom. The molecular formula is C19H21BrN4O2S. The normalized spacial score (nSPS) is 16.1. The van der Waals surface area contributed by atoms with Gasteiger partial charge in [0.15, 0.2) is 9.84 Å². The zero-order chi connectivity index (χ0) is 18.9. The molecule has 0 amide bonds. The number of hydrogen-bond acceptors (Lipinski definition) is 5. The van der Waals surface area contributed by atoms with Gasteiger partial charge in [-0.3, -0.25) is 4.90 Å². The summed E-state index contributed by atoms with van der Waals surface area (Å²) in [4.78, 5) is 12.8. The Morgan fingerprint density at radius 1 is 1.00 bits per heavy atom. The highest BCUT2D eigenvalue weighted by molar-refractivity contribution is 9.10. The first-order valence-corrected chi connectivity index (χ1v) is 11.4. The van der Waals surface area contributed by atoms with Crippen molar-refractivity contribution in [3.63, 3.8) is 0 Å². The molecule has 0 radical (unpaired) electrons. The molecule has 0 spiro atoms. The minimum Gasteiger partial charge on any atom is -0.340 e. The van der Waals surface area contributed by atoms with Gasteiger partial charge >= 0.3 is 0 Å². The molecule has 142 valence electrons. The van der Waals surface area contributed by atoms with Crippen molar-refractivity contribution in [3.05, 3.63) is 53.0 Å². The quantitative estimate of drug-likeness (QED) is 0.649. The molecule has 27 heavy (non-hydrogen) atoms. The van der Waals surface area contributed by atoms with Gasteiger partial charge < -0.3 is 9.88 Å². The number of anilines is 1. The van der Waals surface area contributed by atoms with Crippen molar-refractivity contribution < 1.29 is 8.42 Å². The highest BCUT2D eigenvalue weighted by Gasteiger charge is 2.22. The molecule has 1 aliphatic rings. The zero-order valence-corrected chi connectivity index (χ0v) is 17.2. The first kappa shape index (κ1) is 18.5. The third-order valence-electron chi connectivity index (χ3n) is 4.90. The Balaban J connectivity index is 1.33. The molecule has 0 unspecified atom stereocenters. The zero-order valence-electron chi connectivity index (χ0n) is 14.8. The van der Waals surface area contributed by atoms with Crippen molar-refractivity contribution in [1.29, 1.82) is 0 Å². The van der Waals surface area contributed by atoms with Gasteiger partial charge in [0.05, 0.1) is 21.7 Å². The molecular weight excluding hydrogens is 428 g/mol. The fraction of sp³-hybridized carbons (Fsp3) is 0.316. The van der Waals surface area contributed by atoms with Crippen LogP contribution in [0.2, 0.25) is 0 Å². The number of sulfone groups is 1. The highest BCUT2D eigenvalue weighted by Crippen LogP contribution is 2.19. The molecule has 2 heterocycles. The van der Waals surface area contributed by atoms with E-state index in [0.29, 0.717) is 11.4 Å². The average molecular weight is 449 g/mol.